The summed E-state index contributed by atoms with van der Waals surface area (Å²) < 4.78 is 0. The molecule has 2 aromatic rings. The van der Waals surface area contributed by atoms with E-state index in [1.807, 2.05) is 26.1 Å². The molecule has 0 saturated heterocycles. The van der Waals surface area contributed by atoms with Crippen LogP contribution >= 0.6 is 0 Å². The lowest BCUT2D eigenvalue weighted by Crippen LogP contribution is -2.19. The lowest BCUT2D eigenvalue weighted by atomic mass is 10.1. The number of hydrogen-bond donors (Lipinski definition) is 1. The van der Waals surface area contributed by atoms with E-state index in [2.05, 4.69) is 41.1 Å². The number of aryl methyl sites for hydroxylation is 2. The molecule has 0 amide bonds. The van der Waals surface area contributed by atoms with E-state index in [9.17, 15) is 0 Å². The molecule has 0 aliphatic carbocycles. The molecule has 0 aliphatic rings. The number of nitrogens with two attached hydrogens (primary N) is 1. The van der Waals surface area contributed by atoms with Crippen LogP contribution in [0.2, 0.25) is 0 Å². The van der Waals surface area contributed by atoms with Crippen LogP contribution in [0.3, 0.4) is 0 Å². The van der Waals surface area contributed by atoms with E-state index in [1.165, 1.54) is 11.1 Å². The van der Waals surface area contributed by atoms with Crippen molar-refractivity contribution in [2.75, 3.05) is 17.7 Å². The molecule has 0 radical (unpaired) electrons. The SMILES string of the molecule is CCc1ccc(CN(C)c2nc(C)ccc2N)cc1. The van der Waals surface area contributed by atoms with Crippen LogP contribution in [0, 0.1) is 6.92 Å². The van der Waals surface area contributed by atoms with Gasteiger partial charge in [-0.15, -0.1) is 0 Å². The van der Waals surface area contributed by atoms with Crippen molar-refractivity contribution in [1.82, 2.24) is 4.98 Å². The molecule has 0 saturated carbocycles. The van der Waals surface area contributed by atoms with Crippen molar-refractivity contribution < 1.29 is 0 Å². The number of rotatable bonds is 4. The van der Waals surface area contributed by atoms with Crippen molar-refractivity contribution in [2.45, 2.75) is 26.8 Å². The summed E-state index contributed by atoms with van der Waals surface area (Å²) >= 11 is 0. The molecule has 1 heterocycles. The molecular weight excluding hydrogens is 234 g/mol. The number of nitrogens with zero attached hydrogens (tertiary/aromatic N) is 2. The first kappa shape index (κ1) is 13.4. The Labute approximate surface area is 115 Å². The second-order valence-electron chi connectivity index (χ2n) is 4.89. The van der Waals surface area contributed by atoms with Crippen molar-refractivity contribution in [2.24, 2.45) is 0 Å². The molecule has 100 valence electrons. The normalized spacial score (nSPS) is 10.5. The van der Waals surface area contributed by atoms with Gasteiger partial charge in [0.15, 0.2) is 5.82 Å². The van der Waals surface area contributed by atoms with Gasteiger partial charge >= 0.3 is 0 Å². The number of nitrogen functional groups attached to an aromatic ring is 1. The Morgan fingerprint density at radius 1 is 1.05 bits per heavy atom. The molecule has 0 fully saturated rings. The summed E-state index contributed by atoms with van der Waals surface area (Å²) in [5.74, 6) is 0.847. The van der Waals surface area contributed by atoms with E-state index >= 15 is 0 Å². The second-order valence-corrected chi connectivity index (χ2v) is 4.89. The van der Waals surface area contributed by atoms with Crippen LogP contribution in [0.4, 0.5) is 11.5 Å². The fraction of sp³-hybridized carbons (Fsp3) is 0.312. The van der Waals surface area contributed by atoms with Crippen LogP contribution in [0.5, 0.6) is 0 Å². The van der Waals surface area contributed by atoms with Crippen LogP contribution in [-0.2, 0) is 13.0 Å². The zero-order valence-electron chi connectivity index (χ0n) is 11.9. The summed E-state index contributed by atoms with van der Waals surface area (Å²) in [6.45, 7) is 4.95. The number of aromatic nitrogens is 1. The lowest BCUT2D eigenvalue weighted by molar-refractivity contribution is 0.893. The predicted molar refractivity (Wildman–Crippen MR) is 81.3 cm³/mol. The minimum absolute atomic E-state index is 0.721. The summed E-state index contributed by atoms with van der Waals surface area (Å²) in [7, 11) is 2.02. The molecule has 2 N–H and O–H groups in total. The van der Waals surface area contributed by atoms with Crippen LogP contribution in [0.15, 0.2) is 36.4 Å². The molecule has 0 aliphatic heterocycles. The third-order valence-electron chi connectivity index (χ3n) is 3.26. The van der Waals surface area contributed by atoms with E-state index in [4.69, 9.17) is 5.73 Å². The van der Waals surface area contributed by atoms with Crippen LogP contribution in [0.1, 0.15) is 23.7 Å². The molecule has 0 unspecified atom stereocenters. The minimum Gasteiger partial charge on any atom is -0.396 e. The monoisotopic (exact) mass is 255 g/mol. The molecule has 2 rings (SSSR count). The highest BCUT2D eigenvalue weighted by Crippen LogP contribution is 2.21. The third kappa shape index (κ3) is 3.25. The van der Waals surface area contributed by atoms with Gasteiger partial charge in [-0.25, -0.2) is 4.98 Å². The van der Waals surface area contributed by atoms with Crippen molar-refractivity contribution in [1.29, 1.82) is 0 Å². The number of pyridine rings is 1. The predicted octanol–water partition coefficient (Wildman–Crippen LogP) is 3.17. The number of anilines is 2. The smallest absolute Gasteiger partial charge is 0.152 e. The van der Waals surface area contributed by atoms with E-state index in [0.717, 1.165) is 30.2 Å². The Morgan fingerprint density at radius 3 is 2.32 bits per heavy atom. The maximum Gasteiger partial charge on any atom is 0.152 e. The Morgan fingerprint density at radius 2 is 1.68 bits per heavy atom. The Balaban J connectivity index is 2.15. The van der Waals surface area contributed by atoms with Gasteiger partial charge < -0.3 is 10.6 Å². The molecule has 1 aromatic carbocycles. The van der Waals surface area contributed by atoms with Gasteiger partial charge in [0.25, 0.3) is 0 Å². The molecule has 19 heavy (non-hydrogen) atoms. The molecule has 0 spiro atoms. The van der Waals surface area contributed by atoms with E-state index in [1.54, 1.807) is 0 Å². The standard InChI is InChI=1S/C16H21N3/c1-4-13-6-8-14(9-7-13)11-19(3)16-15(17)10-5-12(2)18-16/h5-10H,4,11,17H2,1-3H3. The Kier molecular flexibility index (Phi) is 4.05. The second kappa shape index (κ2) is 5.74. The van der Waals surface area contributed by atoms with Crippen molar-refractivity contribution in [3.63, 3.8) is 0 Å². The molecular formula is C16H21N3. The van der Waals surface area contributed by atoms with E-state index < -0.39 is 0 Å². The van der Waals surface area contributed by atoms with Gasteiger partial charge in [-0.05, 0) is 36.6 Å². The molecule has 0 bridgehead atoms. The third-order valence-corrected chi connectivity index (χ3v) is 3.26. The summed E-state index contributed by atoms with van der Waals surface area (Å²) in [6, 6.07) is 12.5. The first-order chi connectivity index (χ1) is 9.10. The highest BCUT2D eigenvalue weighted by Gasteiger charge is 2.08. The Bertz CT molecular complexity index is 546. The quantitative estimate of drug-likeness (QED) is 0.912. The number of hydrogen-bond acceptors (Lipinski definition) is 3. The van der Waals surface area contributed by atoms with Gasteiger partial charge in [0.05, 0.1) is 5.69 Å². The zero-order chi connectivity index (χ0) is 13.8. The van der Waals surface area contributed by atoms with Crippen LogP contribution < -0.4 is 10.6 Å². The molecule has 3 heteroatoms. The summed E-state index contributed by atoms with van der Waals surface area (Å²) in [4.78, 5) is 6.59. The van der Waals surface area contributed by atoms with Crippen molar-refractivity contribution in [3.8, 4) is 0 Å². The lowest BCUT2D eigenvalue weighted by Gasteiger charge is -2.20. The molecule has 0 atom stereocenters. The van der Waals surface area contributed by atoms with Crippen molar-refractivity contribution >= 4 is 11.5 Å². The largest absolute Gasteiger partial charge is 0.396 e. The summed E-state index contributed by atoms with van der Waals surface area (Å²) in [5, 5.41) is 0. The molecule has 3 nitrogen and oxygen atoms in total. The first-order valence-electron chi connectivity index (χ1n) is 6.62. The minimum atomic E-state index is 0.721. The topological polar surface area (TPSA) is 42.2 Å². The van der Waals surface area contributed by atoms with E-state index in [-0.39, 0.29) is 0 Å². The fourth-order valence-corrected chi connectivity index (χ4v) is 2.09. The van der Waals surface area contributed by atoms with Crippen LogP contribution in [0.25, 0.3) is 0 Å². The highest BCUT2D eigenvalue weighted by molar-refractivity contribution is 5.62. The maximum absolute atomic E-state index is 5.99. The summed E-state index contributed by atoms with van der Waals surface area (Å²) in [5.41, 5.74) is 10.3. The first-order valence-corrected chi connectivity index (χ1v) is 6.62. The zero-order valence-corrected chi connectivity index (χ0v) is 11.9. The fourth-order valence-electron chi connectivity index (χ4n) is 2.09. The highest BCUT2D eigenvalue weighted by atomic mass is 15.2. The van der Waals surface area contributed by atoms with E-state index in [0.29, 0.717) is 0 Å². The average molecular weight is 255 g/mol. The van der Waals surface area contributed by atoms with Gasteiger partial charge in [0.1, 0.15) is 0 Å². The van der Waals surface area contributed by atoms with Gasteiger partial charge in [0, 0.05) is 19.3 Å². The van der Waals surface area contributed by atoms with Gasteiger partial charge in [-0.1, -0.05) is 31.2 Å². The van der Waals surface area contributed by atoms with Gasteiger partial charge in [0.2, 0.25) is 0 Å². The average Bonchev–Trinajstić information content (AvgIpc) is 2.42. The van der Waals surface area contributed by atoms with Crippen LogP contribution in [-0.4, -0.2) is 12.0 Å². The molecule has 1 aromatic heterocycles. The van der Waals surface area contributed by atoms with Gasteiger partial charge in [-0.2, -0.15) is 0 Å². The number of benzene rings is 1. The maximum atomic E-state index is 5.99. The van der Waals surface area contributed by atoms with Crippen molar-refractivity contribution in [3.05, 3.63) is 53.2 Å². The van der Waals surface area contributed by atoms with Gasteiger partial charge in [-0.3, -0.25) is 0 Å². The Hall–Kier alpha value is -2.03. The summed E-state index contributed by atoms with van der Waals surface area (Å²) in [6.07, 6.45) is 1.07.